The first-order valence-corrected chi connectivity index (χ1v) is 8.11. The summed E-state index contributed by atoms with van der Waals surface area (Å²) in [4.78, 5) is 24.1. The van der Waals surface area contributed by atoms with Gasteiger partial charge in [0.25, 0.3) is 0 Å². The number of hydrogen-bond acceptors (Lipinski definition) is 3. The highest BCUT2D eigenvalue weighted by molar-refractivity contribution is 6.30. The number of methoxy groups -OCH3 is 1. The van der Waals surface area contributed by atoms with Crippen LogP contribution in [0.5, 0.6) is 5.75 Å². The molecule has 0 aliphatic heterocycles. The Bertz CT molecular complexity index is 604. The Kier molecular flexibility index (Phi) is 5.52. The SMILES string of the molecule is COc1cc(Cl)ccc1CC(=O)NC1(C(=O)O)CCCC(C)C1. The predicted molar refractivity (Wildman–Crippen MR) is 87.8 cm³/mol. The number of hydrogen-bond donors (Lipinski definition) is 2. The lowest BCUT2D eigenvalue weighted by Crippen LogP contribution is -2.57. The largest absolute Gasteiger partial charge is 0.496 e. The van der Waals surface area contributed by atoms with Crippen molar-refractivity contribution in [1.29, 1.82) is 0 Å². The lowest BCUT2D eigenvalue weighted by Gasteiger charge is -2.37. The van der Waals surface area contributed by atoms with Crippen LogP contribution in [0.1, 0.15) is 38.2 Å². The maximum atomic E-state index is 12.4. The molecule has 1 saturated carbocycles. The van der Waals surface area contributed by atoms with Crippen LogP contribution in [-0.4, -0.2) is 29.6 Å². The summed E-state index contributed by atoms with van der Waals surface area (Å²) in [6.45, 7) is 2.02. The number of rotatable bonds is 5. The van der Waals surface area contributed by atoms with Crippen LogP contribution in [0.3, 0.4) is 0 Å². The van der Waals surface area contributed by atoms with Crippen LogP contribution in [-0.2, 0) is 16.0 Å². The summed E-state index contributed by atoms with van der Waals surface area (Å²) in [7, 11) is 1.51. The van der Waals surface area contributed by atoms with Crippen LogP contribution in [0.25, 0.3) is 0 Å². The highest BCUT2D eigenvalue weighted by Gasteiger charge is 2.43. The molecule has 2 rings (SSSR count). The number of aliphatic carboxylic acids is 1. The number of halogens is 1. The third-order valence-corrected chi connectivity index (χ3v) is 4.62. The summed E-state index contributed by atoms with van der Waals surface area (Å²) in [5.41, 5.74) is -0.479. The van der Waals surface area contributed by atoms with Crippen molar-refractivity contribution in [2.45, 2.75) is 44.6 Å². The van der Waals surface area contributed by atoms with Crippen LogP contribution in [0.4, 0.5) is 0 Å². The number of carbonyl (C=O) groups is 2. The zero-order chi connectivity index (χ0) is 17.0. The van der Waals surface area contributed by atoms with Gasteiger partial charge in [-0.2, -0.15) is 0 Å². The Hall–Kier alpha value is -1.75. The predicted octanol–water partition coefficient (Wildman–Crippen LogP) is 3.04. The number of carboxylic acid groups (broad SMARTS) is 1. The van der Waals surface area contributed by atoms with E-state index in [0.29, 0.717) is 29.2 Å². The lowest BCUT2D eigenvalue weighted by molar-refractivity contribution is -0.150. The van der Waals surface area contributed by atoms with Gasteiger partial charge in [0.2, 0.25) is 5.91 Å². The van der Waals surface area contributed by atoms with Gasteiger partial charge in [-0.3, -0.25) is 4.79 Å². The second-order valence-corrected chi connectivity index (χ2v) is 6.71. The molecule has 5 nitrogen and oxygen atoms in total. The molecule has 1 aromatic rings. The molecule has 1 aliphatic carbocycles. The van der Waals surface area contributed by atoms with E-state index < -0.39 is 11.5 Å². The topological polar surface area (TPSA) is 75.6 Å². The van der Waals surface area contributed by atoms with E-state index in [0.717, 1.165) is 12.8 Å². The Morgan fingerprint density at radius 2 is 2.22 bits per heavy atom. The second kappa shape index (κ2) is 7.21. The molecule has 1 aliphatic rings. The molecule has 0 bridgehead atoms. The summed E-state index contributed by atoms with van der Waals surface area (Å²) in [5, 5.41) is 12.9. The Morgan fingerprint density at radius 1 is 1.48 bits per heavy atom. The monoisotopic (exact) mass is 339 g/mol. The van der Waals surface area contributed by atoms with Gasteiger partial charge in [0.05, 0.1) is 13.5 Å². The fourth-order valence-corrected chi connectivity index (χ4v) is 3.42. The smallest absolute Gasteiger partial charge is 0.329 e. The quantitative estimate of drug-likeness (QED) is 0.864. The molecule has 2 atom stereocenters. The van der Waals surface area contributed by atoms with Crippen molar-refractivity contribution in [3.8, 4) is 5.75 Å². The molecule has 0 spiro atoms. The molecular weight excluding hydrogens is 318 g/mol. The summed E-state index contributed by atoms with van der Waals surface area (Å²) in [6, 6.07) is 5.04. The van der Waals surface area contributed by atoms with Gasteiger partial charge >= 0.3 is 5.97 Å². The van der Waals surface area contributed by atoms with Crippen molar-refractivity contribution in [3.63, 3.8) is 0 Å². The minimum atomic E-state index is -1.16. The molecule has 0 heterocycles. The molecule has 2 unspecified atom stereocenters. The molecule has 1 fully saturated rings. The minimum Gasteiger partial charge on any atom is -0.496 e. The van der Waals surface area contributed by atoms with E-state index in [1.54, 1.807) is 18.2 Å². The van der Waals surface area contributed by atoms with Gasteiger partial charge in [-0.05, 0) is 30.9 Å². The standard InChI is InChI=1S/C17H22ClNO4/c1-11-4-3-7-17(10-11,16(21)22)19-15(20)8-12-5-6-13(18)9-14(12)23-2/h5-6,9,11H,3-4,7-8,10H2,1-2H3,(H,19,20)(H,21,22). The van der Waals surface area contributed by atoms with E-state index in [4.69, 9.17) is 16.3 Å². The molecule has 126 valence electrons. The maximum Gasteiger partial charge on any atom is 0.329 e. The summed E-state index contributed by atoms with van der Waals surface area (Å²) in [6.07, 6.45) is 2.79. The van der Waals surface area contributed by atoms with Crippen LogP contribution < -0.4 is 10.1 Å². The zero-order valence-corrected chi connectivity index (χ0v) is 14.2. The van der Waals surface area contributed by atoms with Crippen LogP contribution in [0, 0.1) is 5.92 Å². The number of amides is 1. The van der Waals surface area contributed by atoms with E-state index >= 15 is 0 Å². The fraction of sp³-hybridized carbons (Fsp3) is 0.529. The molecule has 6 heteroatoms. The second-order valence-electron chi connectivity index (χ2n) is 6.27. The maximum absolute atomic E-state index is 12.4. The van der Waals surface area contributed by atoms with Crippen molar-refractivity contribution in [2.75, 3.05) is 7.11 Å². The Labute approximate surface area is 141 Å². The molecule has 23 heavy (non-hydrogen) atoms. The summed E-state index contributed by atoms with van der Waals surface area (Å²) >= 11 is 5.91. The Balaban J connectivity index is 2.13. The van der Waals surface area contributed by atoms with E-state index in [1.807, 2.05) is 6.92 Å². The Morgan fingerprint density at radius 3 is 2.83 bits per heavy atom. The third kappa shape index (κ3) is 4.16. The number of carboxylic acids is 1. The first-order chi connectivity index (χ1) is 10.9. The van der Waals surface area contributed by atoms with Gasteiger partial charge in [0.15, 0.2) is 0 Å². The third-order valence-electron chi connectivity index (χ3n) is 4.39. The fourth-order valence-electron chi connectivity index (χ4n) is 3.26. The number of carbonyl (C=O) groups excluding carboxylic acids is 1. The molecule has 2 N–H and O–H groups in total. The van der Waals surface area contributed by atoms with Gasteiger partial charge in [-0.15, -0.1) is 0 Å². The van der Waals surface area contributed by atoms with E-state index in [2.05, 4.69) is 5.32 Å². The normalized spacial score (nSPS) is 24.0. The highest BCUT2D eigenvalue weighted by atomic mass is 35.5. The highest BCUT2D eigenvalue weighted by Crippen LogP contribution is 2.33. The molecule has 0 radical (unpaired) electrons. The van der Waals surface area contributed by atoms with E-state index in [1.165, 1.54) is 7.11 Å². The van der Waals surface area contributed by atoms with Gasteiger partial charge in [0.1, 0.15) is 11.3 Å². The number of nitrogens with one attached hydrogen (secondary N) is 1. The molecule has 1 aromatic carbocycles. The lowest BCUT2D eigenvalue weighted by atomic mass is 9.76. The minimum absolute atomic E-state index is 0.0593. The van der Waals surface area contributed by atoms with Crippen molar-refractivity contribution in [1.82, 2.24) is 5.32 Å². The molecular formula is C17H22ClNO4. The van der Waals surface area contributed by atoms with Gasteiger partial charge in [-0.25, -0.2) is 4.79 Å². The first-order valence-electron chi connectivity index (χ1n) is 7.73. The van der Waals surface area contributed by atoms with E-state index in [9.17, 15) is 14.7 Å². The van der Waals surface area contributed by atoms with Gasteiger partial charge < -0.3 is 15.2 Å². The summed E-state index contributed by atoms with van der Waals surface area (Å²) in [5.74, 6) is -0.471. The summed E-state index contributed by atoms with van der Waals surface area (Å²) < 4.78 is 5.23. The number of ether oxygens (including phenoxy) is 1. The van der Waals surface area contributed by atoms with Crippen molar-refractivity contribution in [2.24, 2.45) is 5.92 Å². The van der Waals surface area contributed by atoms with Crippen LogP contribution >= 0.6 is 11.6 Å². The van der Waals surface area contributed by atoms with E-state index in [-0.39, 0.29) is 18.2 Å². The van der Waals surface area contributed by atoms with Crippen LogP contribution in [0.2, 0.25) is 5.02 Å². The average molecular weight is 340 g/mol. The molecule has 0 saturated heterocycles. The number of benzene rings is 1. The van der Waals surface area contributed by atoms with Gasteiger partial charge in [-0.1, -0.05) is 37.4 Å². The van der Waals surface area contributed by atoms with Crippen LogP contribution in [0.15, 0.2) is 18.2 Å². The molecule has 1 amide bonds. The van der Waals surface area contributed by atoms with Gasteiger partial charge in [0, 0.05) is 10.6 Å². The van der Waals surface area contributed by atoms with Crippen molar-refractivity contribution < 1.29 is 19.4 Å². The zero-order valence-electron chi connectivity index (χ0n) is 13.4. The van der Waals surface area contributed by atoms with Crippen molar-refractivity contribution in [3.05, 3.63) is 28.8 Å². The molecule has 0 aromatic heterocycles. The average Bonchev–Trinajstić information content (AvgIpc) is 2.48. The van der Waals surface area contributed by atoms with Crippen molar-refractivity contribution >= 4 is 23.5 Å². The first kappa shape index (κ1) is 17.6.